The molecule has 2 nitrogen and oxygen atoms in total. The van der Waals surface area contributed by atoms with Crippen LogP contribution in [-0.2, 0) is 6.18 Å². The first-order chi connectivity index (χ1) is 16.3. The molecular weight excluding hydrogens is 466 g/mol. The zero-order valence-corrected chi connectivity index (χ0v) is 18.8. The fraction of sp³-hybridized carbons (Fsp3) is 0.259. The summed E-state index contributed by atoms with van der Waals surface area (Å²) in [5.74, 6) is -1.84. The van der Waals surface area contributed by atoms with Crippen LogP contribution < -0.4 is 11.5 Å². The molecule has 0 aliphatic heterocycles. The molecular formula is C27H26F6N2. The molecule has 4 N–H and O–H groups in total. The molecule has 3 unspecified atom stereocenters. The minimum atomic E-state index is -4.64. The van der Waals surface area contributed by atoms with Crippen LogP contribution >= 0.6 is 0 Å². The van der Waals surface area contributed by atoms with Crippen molar-refractivity contribution in [1.29, 1.82) is 0 Å². The molecule has 0 bridgehead atoms. The molecule has 0 saturated heterocycles. The average Bonchev–Trinajstić information content (AvgIpc) is 2.79. The molecule has 1 aromatic carbocycles. The number of nitrogen functional groups attached to an aromatic ring is 1. The number of halogens is 6. The number of hydrogen-bond donors (Lipinski definition) is 2. The van der Waals surface area contributed by atoms with Crippen LogP contribution in [0.15, 0.2) is 102 Å². The van der Waals surface area contributed by atoms with Crippen molar-refractivity contribution in [2.24, 2.45) is 11.7 Å². The fourth-order valence-corrected chi connectivity index (χ4v) is 4.37. The van der Waals surface area contributed by atoms with Crippen molar-refractivity contribution in [2.75, 3.05) is 5.73 Å². The largest absolute Gasteiger partial charge is 0.416 e. The maximum Gasteiger partial charge on any atom is 0.416 e. The molecule has 2 aliphatic carbocycles. The van der Waals surface area contributed by atoms with Crippen molar-refractivity contribution < 1.29 is 26.3 Å². The Hall–Kier alpha value is -3.26. The third-order valence-electron chi connectivity index (χ3n) is 6.20. The van der Waals surface area contributed by atoms with Gasteiger partial charge < -0.3 is 11.5 Å². The molecule has 0 saturated carbocycles. The van der Waals surface area contributed by atoms with Crippen molar-refractivity contribution in [3.05, 3.63) is 113 Å². The van der Waals surface area contributed by atoms with Gasteiger partial charge in [-0.05, 0) is 47.8 Å². The van der Waals surface area contributed by atoms with Gasteiger partial charge >= 0.3 is 12.4 Å². The number of hydrogen-bond acceptors (Lipinski definition) is 2. The van der Waals surface area contributed by atoms with Gasteiger partial charge in [0.2, 0.25) is 0 Å². The summed E-state index contributed by atoms with van der Waals surface area (Å²) in [5.41, 5.74) is 12.9. The van der Waals surface area contributed by atoms with Gasteiger partial charge in [0, 0.05) is 23.6 Å². The number of benzene rings is 1. The minimum absolute atomic E-state index is 0.0562. The predicted octanol–water partition coefficient (Wildman–Crippen LogP) is 7.32. The highest BCUT2D eigenvalue weighted by molar-refractivity contribution is 5.56. The Morgan fingerprint density at radius 2 is 1.77 bits per heavy atom. The smallest absolute Gasteiger partial charge is 0.398 e. The van der Waals surface area contributed by atoms with Crippen molar-refractivity contribution in [1.82, 2.24) is 0 Å². The Morgan fingerprint density at radius 3 is 2.34 bits per heavy atom. The Labute approximate surface area is 200 Å². The zero-order valence-electron chi connectivity index (χ0n) is 18.8. The van der Waals surface area contributed by atoms with Crippen LogP contribution in [-0.4, -0.2) is 12.2 Å². The van der Waals surface area contributed by atoms with Gasteiger partial charge in [0.05, 0.1) is 11.1 Å². The minimum Gasteiger partial charge on any atom is -0.398 e. The molecule has 8 heteroatoms. The lowest BCUT2D eigenvalue weighted by Gasteiger charge is -2.35. The highest BCUT2D eigenvalue weighted by Gasteiger charge is 2.40. The van der Waals surface area contributed by atoms with E-state index in [-0.39, 0.29) is 11.3 Å². The van der Waals surface area contributed by atoms with Crippen LogP contribution in [0.2, 0.25) is 0 Å². The normalized spacial score (nSPS) is 21.9. The van der Waals surface area contributed by atoms with E-state index in [2.05, 4.69) is 13.2 Å². The Morgan fingerprint density at radius 1 is 1.06 bits per heavy atom. The van der Waals surface area contributed by atoms with Gasteiger partial charge in [0.1, 0.15) is 0 Å². The lowest BCUT2D eigenvalue weighted by atomic mass is 9.71. The van der Waals surface area contributed by atoms with E-state index in [9.17, 15) is 26.3 Å². The van der Waals surface area contributed by atoms with Crippen LogP contribution in [0.1, 0.15) is 29.9 Å². The number of rotatable bonds is 6. The first-order valence-corrected chi connectivity index (χ1v) is 10.9. The quantitative estimate of drug-likeness (QED) is 0.248. The van der Waals surface area contributed by atoms with E-state index in [0.29, 0.717) is 18.4 Å². The Kier molecular flexibility index (Phi) is 7.65. The monoisotopic (exact) mass is 492 g/mol. The van der Waals surface area contributed by atoms with Crippen LogP contribution in [0, 0.1) is 5.92 Å². The third kappa shape index (κ3) is 6.06. The molecule has 0 aromatic heterocycles. The summed E-state index contributed by atoms with van der Waals surface area (Å²) in [5, 5.41) is 0. The molecule has 0 fully saturated rings. The standard InChI is InChI=1S/C27H26F6N2/c1-3-4-5-16(2)17-6-8-18(9-7-17)25(21-14-19(26(28,29)30)10-12-23(21)34)22-15-20(27(31,32)33)11-13-24(22)35/h3-6,8,10-15,21,23,25H,1-2,7,9,34-35H2/b5-4-. The summed E-state index contributed by atoms with van der Waals surface area (Å²) in [6.07, 6.45) is 3.39. The number of allylic oxidation sites excluding steroid dienone is 10. The van der Waals surface area contributed by atoms with Gasteiger partial charge in [0.25, 0.3) is 0 Å². The van der Waals surface area contributed by atoms with Crippen LogP contribution in [0.25, 0.3) is 0 Å². The van der Waals surface area contributed by atoms with Crippen molar-refractivity contribution in [2.45, 2.75) is 37.2 Å². The second-order valence-electron chi connectivity index (χ2n) is 8.51. The van der Waals surface area contributed by atoms with Crippen molar-refractivity contribution >= 4 is 5.69 Å². The van der Waals surface area contributed by atoms with Gasteiger partial charge in [0.15, 0.2) is 0 Å². The molecule has 186 valence electrons. The zero-order chi connectivity index (χ0) is 26.0. The summed E-state index contributed by atoms with van der Waals surface area (Å²) < 4.78 is 81.0. The first kappa shape index (κ1) is 26.3. The summed E-state index contributed by atoms with van der Waals surface area (Å²) in [6, 6.07) is 2.06. The van der Waals surface area contributed by atoms with E-state index in [1.807, 2.05) is 0 Å². The molecule has 3 rings (SSSR count). The van der Waals surface area contributed by atoms with E-state index in [4.69, 9.17) is 11.5 Å². The maximum atomic E-state index is 13.5. The van der Waals surface area contributed by atoms with E-state index in [0.717, 1.165) is 41.5 Å². The molecule has 0 amide bonds. The van der Waals surface area contributed by atoms with Crippen molar-refractivity contribution in [3.8, 4) is 0 Å². The fourth-order valence-electron chi connectivity index (χ4n) is 4.37. The topological polar surface area (TPSA) is 52.0 Å². The summed E-state index contributed by atoms with van der Waals surface area (Å²) >= 11 is 0. The number of alkyl halides is 6. The molecule has 0 radical (unpaired) electrons. The SMILES string of the molecule is C=C/C=C\C(=C)C1=CC=C(C(c2cc(C(F)(F)F)ccc2N)C2C=C(C(F)(F)F)C=CC2N)CC1. The summed E-state index contributed by atoms with van der Waals surface area (Å²) in [4.78, 5) is 0. The van der Waals surface area contributed by atoms with E-state index < -0.39 is 41.4 Å². The predicted molar refractivity (Wildman–Crippen MR) is 127 cm³/mol. The van der Waals surface area contributed by atoms with E-state index in [1.165, 1.54) is 6.08 Å². The highest BCUT2D eigenvalue weighted by Crippen LogP contribution is 2.46. The average molecular weight is 493 g/mol. The van der Waals surface area contributed by atoms with Crippen LogP contribution in [0.3, 0.4) is 0 Å². The highest BCUT2D eigenvalue weighted by atomic mass is 19.4. The van der Waals surface area contributed by atoms with E-state index in [1.54, 1.807) is 30.4 Å². The van der Waals surface area contributed by atoms with Crippen molar-refractivity contribution in [3.63, 3.8) is 0 Å². The van der Waals surface area contributed by atoms with E-state index >= 15 is 0 Å². The number of anilines is 1. The summed E-state index contributed by atoms with van der Waals surface area (Å²) in [6.45, 7) is 7.60. The molecule has 0 spiro atoms. The van der Waals surface area contributed by atoms with Gasteiger partial charge in [-0.2, -0.15) is 26.3 Å². The molecule has 1 aromatic rings. The molecule has 2 aliphatic rings. The van der Waals surface area contributed by atoms with Crippen LogP contribution in [0.4, 0.5) is 32.0 Å². The second kappa shape index (κ2) is 10.2. The van der Waals surface area contributed by atoms with Gasteiger partial charge in [-0.25, -0.2) is 0 Å². The summed E-state index contributed by atoms with van der Waals surface area (Å²) in [7, 11) is 0. The Bertz CT molecular complexity index is 1150. The second-order valence-corrected chi connectivity index (χ2v) is 8.51. The van der Waals surface area contributed by atoms with Gasteiger partial charge in [-0.15, -0.1) is 0 Å². The lowest BCUT2D eigenvalue weighted by Crippen LogP contribution is -2.36. The maximum absolute atomic E-state index is 13.5. The lowest BCUT2D eigenvalue weighted by molar-refractivity contribution is -0.137. The van der Waals surface area contributed by atoms with Gasteiger partial charge in [-0.3, -0.25) is 0 Å². The number of nitrogens with two attached hydrogens (primary N) is 2. The van der Waals surface area contributed by atoms with Crippen LogP contribution in [0.5, 0.6) is 0 Å². The molecule has 35 heavy (non-hydrogen) atoms. The van der Waals surface area contributed by atoms with Gasteiger partial charge in [-0.1, -0.05) is 67.3 Å². The first-order valence-electron chi connectivity index (χ1n) is 10.9. The third-order valence-corrected chi connectivity index (χ3v) is 6.20. The molecule has 3 atom stereocenters. The Balaban J connectivity index is 2.16. The molecule has 0 heterocycles.